The number of nitro benzene ring substituents is 1. The van der Waals surface area contributed by atoms with Crippen LogP contribution >= 0.6 is 11.6 Å². The van der Waals surface area contributed by atoms with Crippen LogP contribution in [-0.2, 0) is 0 Å². The highest BCUT2D eigenvalue weighted by molar-refractivity contribution is 6.33. The zero-order valence-electron chi connectivity index (χ0n) is 12.3. The molecule has 0 atom stereocenters. The summed E-state index contributed by atoms with van der Waals surface area (Å²) in [4.78, 5) is 33.4. The van der Waals surface area contributed by atoms with Crippen LogP contribution < -0.4 is 10.1 Å². The maximum Gasteiger partial charge on any atom is 0.337 e. The van der Waals surface area contributed by atoms with Crippen LogP contribution in [0, 0.1) is 10.1 Å². The predicted molar refractivity (Wildman–Crippen MR) is 86.0 cm³/mol. The molecule has 2 aromatic carbocycles. The summed E-state index contributed by atoms with van der Waals surface area (Å²) in [5.74, 6) is -1.77. The molecule has 0 aliphatic heterocycles. The molecule has 124 valence electrons. The van der Waals surface area contributed by atoms with Gasteiger partial charge in [-0.25, -0.2) is 4.79 Å². The highest BCUT2D eigenvalue weighted by Crippen LogP contribution is 2.28. The summed E-state index contributed by atoms with van der Waals surface area (Å²) in [7, 11) is 1.29. The number of nitro groups is 1. The van der Waals surface area contributed by atoms with E-state index < -0.39 is 16.8 Å². The van der Waals surface area contributed by atoms with Crippen molar-refractivity contribution in [3.8, 4) is 5.75 Å². The van der Waals surface area contributed by atoms with Gasteiger partial charge in [0.2, 0.25) is 0 Å². The van der Waals surface area contributed by atoms with Crippen molar-refractivity contribution in [1.82, 2.24) is 0 Å². The Bertz CT molecular complexity index is 837. The van der Waals surface area contributed by atoms with Crippen molar-refractivity contribution < 1.29 is 24.4 Å². The largest absolute Gasteiger partial charge is 0.490 e. The lowest BCUT2D eigenvalue weighted by molar-refractivity contribution is -0.385. The minimum atomic E-state index is -1.19. The van der Waals surface area contributed by atoms with Crippen molar-refractivity contribution in [2.75, 3.05) is 12.4 Å². The summed E-state index contributed by atoms with van der Waals surface area (Å²) in [6.45, 7) is 0. The van der Waals surface area contributed by atoms with Crippen molar-refractivity contribution in [2.24, 2.45) is 0 Å². The molecule has 1 amide bonds. The molecule has 0 unspecified atom stereocenters. The van der Waals surface area contributed by atoms with E-state index in [4.69, 9.17) is 21.4 Å². The van der Waals surface area contributed by atoms with Gasteiger partial charge in [-0.1, -0.05) is 11.6 Å². The van der Waals surface area contributed by atoms with Crippen LogP contribution in [0.15, 0.2) is 36.4 Å². The summed E-state index contributed by atoms with van der Waals surface area (Å²) in [6.07, 6.45) is 0. The number of nitrogens with one attached hydrogen (secondary N) is 1. The molecule has 0 fully saturated rings. The SMILES string of the molecule is COc1ccc(C(=O)Nc2ccc(C(=O)O)c(Cl)c2)cc1[N+](=O)[O-]. The van der Waals surface area contributed by atoms with Gasteiger partial charge in [0.15, 0.2) is 5.75 Å². The molecule has 2 N–H and O–H groups in total. The van der Waals surface area contributed by atoms with E-state index in [0.29, 0.717) is 0 Å². The summed E-state index contributed by atoms with van der Waals surface area (Å²) >= 11 is 5.82. The number of methoxy groups -OCH3 is 1. The molecule has 0 radical (unpaired) electrons. The second kappa shape index (κ2) is 6.97. The van der Waals surface area contributed by atoms with Gasteiger partial charge in [-0.3, -0.25) is 14.9 Å². The zero-order valence-corrected chi connectivity index (χ0v) is 13.0. The molecule has 24 heavy (non-hydrogen) atoms. The number of ether oxygens (including phenoxy) is 1. The first kappa shape index (κ1) is 17.2. The molecule has 0 heterocycles. The standard InChI is InChI=1S/C15H11ClN2O6/c1-24-13-5-2-8(6-12(13)18(22)23)14(19)17-9-3-4-10(15(20)21)11(16)7-9/h2-7H,1H3,(H,17,19)(H,20,21). The highest BCUT2D eigenvalue weighted by atomic mass is 35.5. The molecule has 2 rings (SSSR count). The Morgan fingerprint density at radius 3 is 2.50 bits per heavy atom. The van der Waals surface area contributed by atoms with Crippen molar-refractivity contribution in [3.63, 3.8) is 0 Å². The fourth-order valence-corrected chi connectivity index (χ4v) is 2.20. The number of hydrogen-bond acceptors (Lipinski definition) is 5. The number of anilines is 1. The molecule has 8 nitrogen and oxygen atoms in total. The quantitative estimate of drug-likeness (QED) is 0.631. The Morgan fingerprint density at radius 2 is 1.96 bits per heavy atom. The number of carboxylic acids is 1. The van der Waals surface area contributed by atoms with Crippen molar-refractivity contribution >= 4 is 34.9 Å². The van der Waals surface area contributed by atoms with Gasteiger partial charge in [0.25, 0.3) is 5.91 Å². The third-order valence-corrected chi connectivity index (χ3v) is 3.41. The Balaban J connectivity index is 2.27. The summed E-state index contributed by atoms with van der Waals surface area (Å²) in [5.41, 5.74) is -0.145. The molecule has 9 heteroatoms. The van der Waals surface area contributed by atoms with E-state index in [2.05, 4.69) is 5.32 Å². The van der Waals surface area contributed by atoms with Crippen LogP contribution in [0.2, 0.25) is 5.02 Å². The maximum absolute atomic E-state index is 12.2. The lowest BCUT2D eigenvalue weighted by Gasteiger charge is -2.08. The Morgan fingerprint density at radius 1 is 1.25 bits per heavy atom. The van der Waals surface area contributed by atoms with Crippen LogP contribution in [0.5, 0.6) is 5.75 Å². The number of hydrogen-bond donors (Lipinski definition) is 2. The Hall–Kier alpha value is -3.13. The Labute approximate surface area is 140 Å². The number of aromatic carboxylic acids is 1. The fourth-order valence-electron chi connectivity index (χ4n) is 1.94. The first-order valence-electron chi connectivity index (χ1n) is 6.50. The first-order valence-corrected chi connectivity index (χ1v) is 6.88. The second-order valence-corrected chi connectivity index (χ2v) is 5.00. The topological polar surface area (TPSA) is 119 Å². The second-order valence-electron chi connectivity index (χ2n) is 4.60. The van der Waals surface area contributed by atoms with E-state index in [1.807, 2.05) is 0 Å². The molecule has 0 aliphatic carbocycles. The van der Waals surface area contributed by atoms with E-state index in [0.717, 1.165) is 6.07 Å². The van der Waals surface area contributed by atoms with Gasteiger partial charge >= 0.3 is 11.7 Å². The van der Waals surface area contributed by atoms with Crippen LogP contribution in [0.1, 0.15) is 20.7 Å². The predicted octanol–water partition coefficient (Wildman–Crippen LogP) is 3.21. The van der Waals surface area contributed by atoms with E-state index in [1.54, 1.807) is 0 Å². The number of carboxylic acid groups (broad SMARTS) is 1. The third kappa shape index (κ3) is 3.61. The average molecular weight is 351 g/mol. The van der Waals surface area contributed by atoms with Gasteiger partial charge in [0.05, 0.1) is 22.6 Å². The van der Waals surface area contributed by atoms with Crippen LogP contribution in [-0.4, -0.2) is 29.0 Å². The lowest BCUT2D eigenvalue weighted by atomic mass is 10.1. The van der Waals surface area contributed by atoms with Crippen LogP contribution in [0.3, 0.4) is 0 Å². The lowest BCUT2D eigenvalue weighted by Crippen LogP contribution is -2.12. The highest BCUT2D eigenvalue weighted by Gasteiger charge is 2.18. The monoisotopic (exact) mass is 350 g/mol. The normalized spacial score (nSPS) is 10.1. The molecule has 0 bridgehead atoms. The van der Waals surface area contributed by atoms with E-state index >= 15 is 0 Å². The van der Waals surface area contributed by atoms with Crippen molar-refractivity contribution in [3.05, 3.63) is 62.7 Å². The average Bonchev–Trinajstić information content (AvgIpc) is 2.53. The number of carbonyl (C=O) groups is 2. The van der Waals surface area contributed by atoms with E-state index in [9.17, 15) is 19.7 Å². The number of nitrogens with zero attached hydrogens (tertiary/aromatic N) is 1. The van der Waals surface area contributed by atoms with Crippen molar-refractivity contribution in [2.45, 2.75) is 0 Å². The molecular weight excluding hydrogens is 340 g/mol. The van der Waals surface area contributed by atoms with Gasteiger partial charge in [0, 0.05) is 17.3 Å². The van der Waals surface area contributed by atoms with Crippen molar-refractivity contribution in [1.29, 1.82) is 0 Å². The summed E-state index contributed by atoms with van der Waals surface area (Å²) in [5, 5.41) is 22.3. The molecule has 0 aliphatic rings. The molecule has 2 aromatic rings. The van der Waals surface area contributed by atoms with E-state index in [-0.39, 0.29) is 33.3 Å². The molecule has 0 saturated carbocycles. The van der Waals surface area contributed by atoms with Gasteiger partial charge in [0.1, 0.15) is 0 Å². The molecule has 0 aromatic heterocycles. The summed E-state index contributed by atoms with van der Waals surface area (Å²) in [6, 6.07) is 7.66. The number of carbonyl (C=O) groups excluding carboxylic acids is 1. The molecular formula is C15H11ClN2O6. The Kier molecular flexibility index (Phi) is 5.00. The van der Waals surface area contributed by atoms with Gasteiger partial charge in [-0.05, 0) is 30.3 Å². The number of amides is 1. The number of benzene rings is 2. The van der Waals surface area contributed by atoms with Gasteiger partial charge < -0.3 is 15.2 Å². The minimum Gasteiger partial charge on any atom is -0.490 e. The molecule has 0 spiro atoms. The maximum atomic E-state index is 12.2. The first-order chi connectivity index (χ1) is 11.3. The zero-order chi connectivity index (χ0) is 17.9. The van der Waals surface area contributed by atoms with Crippen LogP contribution in [0.25, 0.3) is 0 Å². The smallest absolute Gasteiger partial charge is 0.337 e. The number of halogens is 1. The van der Waals surface area contributed by atoms with E-state index in [1.165, 1.54) is 37.4 Å². The van der Waals surface area contributed by atoms with Gasteiger partial charge in [-0.2, -0.15) is 0 Å². The molecule has 0 saturated heterocycles. The van der Waals surface area contributed by atoms with Crippen LogP contribution in [0.4, 0.5) is 11.4 Å². The van der Waals surface area contributed by atoms with Gasteiger partial charge in [-0.15, -0.1) is 0 Å². The third-order valence-electron chi connectivity index (χ3n) is 3.10. The number of rotatable bonds is 5. The minimum absolute atomic E-state index is 0.0328. The summed E-state index contributed by atoms with van der Waals surface area (Å²) < 4.78 is 4.86. The fraction of sp³-hybridized carbons (Fsp3) is 0.0667.